The summed E-state index contributed by atoms with van der Waals surface area (Å²) in [4.78, 5) is 0. The maximum Gasteiger partial charge on any atom is 0.104 e. The minimum absolute atomic E-state index is 0.542. The van der Waals surface area contributed by atoms with Gasteiger partial charge in [-0.2, -0.15) is 10.5 Å². The van der Waals surface area contributed by atoms with Gasteiger partial charge in [0, 0.05) is 54.5 Å². The van der Waals surface area contributed by atoms with Crippen LogP contribution in [-0.2, 0) is 0 Å². The molecular weight excluding hydrogens is 829 g/mol. The molecule has 14 rings (SSSR count). The zero-order chi connectivity index (χ0) is 45.0. The van der Waals surface area contributed by atoms with Gasteiger partial charge >= 0.3 is 0 Å². The number of rotatable bonds is 5. The van der Waals surface area contributed by atoms with Crippen LogP contribution in [0.1, 0.15) is 11.1 Å². The van der Waals surface area contributed by atoms with Crippen molar-refractivity contribution in [1.82, 2.24) is 18.3 Å². The van der Waals surface area contributed by atoms with Crippen LogP contribution < -0.4 is 0 Å². The Balaban J connectivity index is 1.15. The summed E-state index contributed by atoms with van der Waals surface area (Å²) in [7, 11) is 0. The molecule has 0 spiro atoms. The van der Waals surface area contributed by atoms with Gasteiger partial charge in [-0.1, -0.05) is 133 Å². The fourth-order valence-corrected chi connectivity index (χ4v) is 11.2. The van der Waals surface area contributed by atoms with Gasteiger partial charge in [-0.15, -0.1) is 0 Å². The van der Waals surface area contributed by atoms with Gasteiger partial charge in [-0.25, -0.2) is 0 Å². The lowest BCUT2D eigenvalue weighted by atomic mass is 9.99. The first kappa shape index (κ1) is 37.7. The maximum atomic E-state index is 11.8. The van der Waals surface area contributed by atoms with E-state index in [0.29, 0.717) is 11.1 Å². The van der Waals surface area contributed by atoms with Crippen LogP contribution in [0.25, 0.3) is 121 Å². The summed E-state index contributed by atoms with van der Waals surface area (Å²) in [5.41, 5.74) is 15.2. The Morgan fingerprint density at radius 1 is 0.294 bits per heavy atom. The average molecular weight is 865 g/mol. The molecule has 0 amide bonds. The molecule has 0 aliphatic carbocycles. The van der Waals surface area contributed by atoms with Crippen molar-refractivity contribution < 1.29 is 0 Å². The zero-order valence-corrected chi connectivity index (χ0v) is 36.5. The van der Waals surface area contributed by atoms with Crippen molar-refractivity contribution in [3.63, 3.8) is 0 Å². The number of benzene rings is 10. The molecule has 68 heavy (non-hydrogen) atoms. The van der Waals surface area contributed by atoms with E-state index in [2.05, 4.69) is 225 Å². The lowest BCUT2D eigenvalue weighted by Crippen LogP contribution is -2.05. The molecule has 0 aliphatic rings. The van der Waals surface area contributed by atoms with Crippen LogP contribution in [0.3, 0.4) is 0 Å². The third-order valence-electron chi connectivity index (χ3n) is 14.0. The smallest absolute Gasteiger partial charge is 0.104 e. The molecule has 14 aromatic rings. The van der Waals surface area contributed by atoms with Crippen LogP contribution in [0, 0.1) is 22.7 Å². The number of para-hydroxylation sites is 6. The van der Waals surface area contributed by atoms with E-state index in [1.807, 2.05) is 24.3 Å². The molecule has 0 radical (unpaired) electrons. The highest BCUT2D eigenvalue weighted by molar-refractivity contribution is 6.28. The van der Waals surface area contributed by atoms with Crippen molar-refractivity contribution in [3.05, 3.63) is 230 Å². The Kier molecular flexibility index (Phi) is 8.01. The van der Waals surface area contributed by atoms with Crippen molar-refractivity contribution in [1.29, 1.82) is 10.5 Å². The van der Waals surface area contributed by atoms with Gasteiger partial charge in [0.05, 0.1) is 67.1 Å². The summed E-state index contributed by atoms with van der Waals surface area (Å²) in [6.45, 7) is 0. The lowest BCUT2D eigenvalue weighted by molar-refractivity contribution is 1.12. The molecule has 0 fully saturated rings. The number of aromatic nitrogens is 4. The third kappa shape index (κ3) is 5.20. The molecule has 0 saturated carbocycles. The molecule has 4 heterocycles. The van der Waals surface area contributed by atoms with Gasteiger partial charge in [0.15, 0.2) is 0 Å². The molecule has 0 atom stereocenters. The van der Waals surface area contributed by atoms with E-state index in [-0.39, 0.29) is 0 Å². The SMILES string of the molecule is N#Cc1ccc(-c2cc(-n3c4ccccc4c4c3ccc3c5ccccc5n(-c5ccccc5)c34)c(C#N)c(-n3c4ccccc4c4c3ccc3c5ccccc5n(-c5ccccc5)c34)c2)cc1. The number of nitrogens with zero attached hydrogens (tertiary/aromatic N) is 6. The van der Waals surface area contributed by atoms with Crippen molar-refractivity contribution in [2.75, 3.05) is 0 Å². The molecule has 0 unspecified atom stereocenters. The Bertz CT molecular complexity index is 4240. The number of hydrogen-bond acceptors (Lipinski definition) is 2. The number of fused-ring (bicyclic) bond motifs is 14. The second-order valence-electron chi connectivity index (χ2n) is 17.5. The quantitative estimate of drug-likeness (QED) is 0.173. The van der Waals surface area contributed by atoms with E-state index in [9.17, 15) is 10.5 Å². The minimum Gasteiger partial charge on any atom is -0.309 e. The summed E-state index contributed by atoms with van der Waals surface area (Å²) in [6.07, 6.45) is 0. The molecule has 0 aliphatic heterocycles. The summed E-state index contributed by atoms with van der Waals surface area (Å²) in [5.74, 6) is 0. The number of hydrogen-bond donors (Lipinski definition) is 0. The molecule has 6 heteroatoms. The highest BCUT2D eigenvalue weighted by Gasteiger charge is 2.27. The predicted molar refractivity (Wildman–Crippen MR) is 279 cm³/mol. The van der Waals surface area contributed by atoms with E-state index in [4.69, 9.17) is 0 Å². The van der Waals surface area contributed by atoms with Crippen molar-refractivity contribution in [3.8, 4) is 46.0 Å². The van der Waals surface area contributed by atoms with E-state index in [0.717, 1.165) is 110 Å². The van der Waals surface area contributed by atoms with Crippen LogP contribution in [0.15, 0.2) is 218 Å². The van der Waals surface area contributed by atoms with Crippen LogP contribution in [0.2, 0.25) is 0 Å². The average Bonchev–Trinajstić information content (AvgIpc) is 4.14. The van der Waals surface area contributed by atoms with E-state index < -0.39 is 0 Å². The highest BCUT2D eigenvalue weighted by atomic mass is 15.0. The Labute approximate surface area is 389 Å². The van der Waals surface area contributed by atoms with Crippen molar-refractivity contribution in [2.45, 2.75) is 0 Å². The summed E-state index contributed by atoms with van der Waals surface area (Å²) in [5, 5.41) is 30.7. The molecule has 0 saturated heterocycles. The Morgan fingerprint density at radius 2 is 0.691 bits per heavy atom. The van der Waals surface area contributed by atoms with Crippen LogP contribution in [-0.4, -0.2) is 18.3 Å². The van der Waals surface area contributed by atoms with E-state index >= 15 is 0 Å². The standard InChI is InChI=1S/C62H36N6/c63-37-39-27-29-40(30-28-39)41-35-57(67-53-25-13-9-21-48(53)59-55(67)33-31-46-44-19-7-11-23-51(44)65(61(46)59)42-15-3-1-4-16-42)50(38-64)58(36-41)68-54-26-14-10-22-49(54)60-56(68)34-32-47-45-20-8-12-24-52(45)66(62(47)60)43-17-5-2-6-18-43/h1-36H. The first-order chi connectivity index (χ1) is 33.7. The molecular formula is C62H36N6. The van der Waals surface area contributed by atoms with Gasteiger partial charge in [0.2, 0.25) is 0 Å². The number of nitriles is 2. The minimum atomic E-state index is 0.542. The highest BCUT2D eigenvalue weighted by Crippen LogP contribution is 2.46. The van der Waals surface area contributed by atoms with Gasteiger partial charge in [-0.3, -0.25) is 0 Å². The van der Waals surface area contributed by atoms with Gasteiger partial charge in [0.25, 0.3) is 0 Å². The molecule has 4 aromatic heterocycles. The van der Waals surface area contributed by atoms with E-state index in [1.54, 1.807) is 0 Å². The molecule has 0 bridgehead atoms. The second-order valence-corrected chi connectivity index (χ2v) is 17.5. The normalized spacial score (nSPS) is 11.8. The zero-order valence-electron chi connectivity index (χ0n) is 36.5. The fraction of sp³-hybridized carbons (Fsp3) is 0. The van der Waals surface area contributed by atoms with Crippen molar-refractivity contribution in [2.24, 2.45) is 0 Å². The molecule has 0 N–H and O–H groups in total. The Morgan fingerprint density at radius 3 is 1.12 bits per heavy atom. The van der Waals surface area contributed by atoms with Crippen LogP contribution in [0.4, 0.5) is 0 Å². The summed E-state index contributed by atoms with van der Waals surface area (Å²) in [6, 6.07) is 81.7. The van der Waals surface area contributed by atoms with Gasteiger partial charge in [-0.05, 0) is 96.1 Å². The fourth-order valence-electron chi connectivity index (χ4n) is 11.2. The molecule has 314 valence electrons. The van der Waals surface area contributed by atoms with Gasteiger partial charge < -0.3 is 18.3 Å². The van der Waals surface area contributed by atoms with Crippen molar-refractivity contribution >= 4 is 87.2 Å². The largest absolute Gasteiger partial charge is 0.309 e. The van der Waals surface area contributed by atoms with Crippen LogP contribution in [0.5, 0.6) is 0 Å². The van der Waals surface area contributed by atoms with E-state index in [1.165, 1.54) is 10.8 Å². The first-order valence-corrected chi connectivity index (χ1v) is 22.8. The predicted octanol–water partition coefficient (Wildman–Crippen LogP) is 15.5. The Hall–Kier alpha value is -9.62. The third-order valence-corrected chi connectivity index (χ3v) is 14.0. The molecule has 10 aromatic carbocycles. The second kappa shape index (κ2) is 14.4. The van der Waals surface area contributed by atoms with Crippen LogP contribution >= 0.6 is 0 Å². The lowest BCUT2D eigenvalue weighted by Gasteiger charge is -2.18. The first-order valence-electron chi connectivity index (χ1n) is 22.8. The summed E-state index contributed by atoms with van der Waals surface area (Å²) < 4.78 is 9.37. The molecule has 6 nitrogen and oxygen atoms in total. The van der Waals surface area contributed by atoms with Gasteiger partial charge in [0.1, 0.15) is 11.6 Å². The topological polar surface area (TPSA) is 67.3 Å². The maximum absolute atomic E-state index is 11.8. The summed E-state index contributed by atoms with van der Waals surface area (Å²) >= 11 is 0. The monoisotopic (exact) mass is 864 g/mol.